The minimum Gasteiger partial charge on any atom is -0.254 e. The van der Waals surface area contributed by atoms with Gasteiger partial charge in [0.2, 0.25) is 0 Å². The molecule has 0 bridgehead atoms. The lowest BCUT2D eigenvalue weighted by Gasteiger charge is -2.08. The van der Waals surface area contributed by atoms with Crippen LogP contribution in [-0.2, 0) is 11.8 Å². The van der Waals surface area contributed by atoms with Crippen molar-refractivity contribution in [3.05, 3.63) is 26.6 Å². The van der Waals surface area contributed by atoms with Gasteiger partial charge in [-0.1, -0.05) is 15.9 Å². The Morgan fingerprint density at radius 2 is 2.20 bits per heavy atom. The highest BCUT2D eigenvalue weighted by atomic mass is 127. The van der Waals surface area contributed by atoms with Crippen molar-refractivity contribution in [3.8, 4) is 6.07 Å². The van der Waals surface area contributed by atoms with Gasteiger partial charge in [0.05, 0.1) is 23.9 Å². The first-order chi connectivity index (χ1) is 7.10. The maximum atomic E-state index is 12.6. The van der Waals surface area contributed by atoms with Crippen molar-refractivity contribution in [2.75, 3.05) is 0 Å². The molecule has 0 atom stereocenters. The molecule has 0 N–H and O–H groups in total. The van der Waals surface area contributed by atoms with E-state index in [4.69, 9.17) is 5.26 Å². The maximum absolute atomic E-state index is 12.6. The molecule has 0 radical (unpaired) electrons. The molecule has 1 aromatic heterocycles. The van der Waals surface area contributed by atoms with Gasteiger partial charge in [-0.2, -0.15) is 5.26 Å². The SMILES string of the molecule is N#CCc1nc(CBr)c(I)cc1C(F)F. The fourth-order valence-corrected chi connectivity index (χ4v) is 2.68. The zero-order chi connectivity index (χ0) is 11.4. The summed E-state index contributed by atoms with van der Waals surface area (Å²) in [7, 11) is 0. The Bertz CT molecular complexity index is 404. The van der Waals surface area contributed by atoms with Crippen molar-refractivity contribution < 1.29 is 8.78 Å². The van der Waals surface area contributed by atoms with Crippen LogP contribution in [0.1, 0.15) is 23.4 Å². The third-order valence-corrected chi connectivity index (χ3v) is 3.23. The van der Waals surface area contributed by atoms with E-state index in [0.29, 0.717) is 14.6 Å². The molecule has 0 aliphatic heterocycles. The molecule has 0 saturated carbocycles. The van der Waals surface area contributed by atoms with Crippen molar-refractivity contribution in [2.24, 2.45) is 0 Å². The molecule has 0 aromatic carbocycles. The molecule has 80 valence electrons. The summed E-state index contributed by atoms with van der Waals surface area (Å²) in [5.41, 5.74) is 0.707. The number of hydrogen-bond acceptors (Lipinski definition) is 2. The molecule has 0 saturated heterocycles. The Morgan fingerprint density at radius 3 is 2.67 bits per heavy atom. The van der Waals surface area contributed by atoms with Gasteiger partial charge >= 0.3 is 0 Å². The predicted molar refractivity (Wildman–Crippen MR) is 63.9 cm³/mol. The summed E-state index contributed by atoms with van der Waals surface area (Å²) >= 11 is 5.17. The fraction of sp³-hybridized carbons (Fsp3) is 0.333. The van der Waals surface area contributed by atoms with E-state index >= 15 is 0 Å². The van der Waals surface area contributed by atoms with E-state index in [1.54, 1.807) is 0 Å². The number of aromatic nitrogens is 1. The van der Waals surface area contributed by atoms with E-state index in [1.807, 2.05) is 28.7 Å². The second-order valence-electron chi connectivity index (χ2n) is 2.72. The maximum Gasteiger partial charge on any atom is 0.265 e. The zero-order valence-corrected chi connectivity index (χ0v) is 11.2. The molecular weight excluding hydrogens is 381 g/mol. The van der Waals surface area contributed by atoms with Crippen LogP contribution in [0.2, 0.25) is 0 Å². The van der Waals surface area contributed by atoms with Crippen molar-refractivity contribution in [2.45, 2.75) is 18.2 Å². The lowest BCUT2D eigenvalue weighted by atomic mass is 10.1. The Hall–Kier alpha value is -0.290. The van der Waals surface area contributed by atoms with Gasteiger partial charge in [0.15, 0.2) is 0 Å². The van der Waals surface area contributed by atoms with E-state index in [9.17, 15) is 8.78 Å². The minimum atomic E-state index is -2.58. The monoisotopic (exact) mass is 386 g/mol. The molecule has 0 unspecified atom stereocenters. The Balaban J connectivity index is 3.26. The normalized spacial score (nSPS) is 10.4. The van der Waals surface area contributed by atoms with Crippen LogP contribution in [0.4, 0.5) is 8.78 Å². The summed E-state index contributed by atoms with van der Waals surface area (Å²) in [5.74, 6) is 0. The summed E-state index contributed by atoms with van der Waals surface area (Å²) in [4.78, 5) is 4.04. The van der Waals surface area contributed by atoms with Crippen molar-refractivity contribution in [1.82, 2.24) is 4.98 Å². The van der Waals surface area contributed by atoms with Gasteiger partial charge in [0.25, 0.3) is 6.43 Å². The van der Waals surface area contributed by atoms with E-state index in [2.05, 4.69) is 20.9 Å². The van der Waals surface area contributed by atoms with Crippen LogP contribution in [0.3, 0.4) is 0 Å². The average molecular weight is 387 g/mol. The summed E-state index contributed by atoms with van der Waals surface area (Å²) < 4.78 is 25.9. The summed E-state index contributed by atoms with van der Waals surface area (Å²) in [6, 6.07) is 3.23. The third kappa shape index (κ3) is 3.08. The standard InChI is InChI=1S/C9H6BrF2IN2/c10-4-8-6(13)3-5(9(11)12)7(15-8)1-2-14/h3,9H,1,4H2. The summed E-state index contributed by atoms with van der Waals surface area (Å²) in [5, 5.41) is 9.00. The molecule has 0 spiro atoms. The van der Waals surface area contributed by atoms with Crippen molar-refractivity contribution in [1.29, 1.82) is 5.26 Å². The number of hydrogen-bond donors (Lipinski definition) is 0. The van der Waals surface area contributed by atoms with Crippen LogP contribution >= 0.6 is 38.5 Å². The summed E-state index contributed by atoms with van der Waals surface area (Å²) in [6.45, 7) is 0. The van der Waals surface area contributed by atoms with Gasteiger partial charge in [-0.3, -0.25) is 4.98 Å². The van der Waals surface area contributed by atoms with Crippen LogP contribution in [0, 0.1) is 14.9 Å². The Kier molecular flexibility index (Phi) is 4.86. The highest BCUT2D eigenvalue weighted by Gasteiger charge is 2.16. The molecule has 1 aromatic rings. The van der Waals surface area contributed by atoms with Gasteiger partial charge in [-0.15, -0.1) is 0 Å². The highest BCUT2D eigenvalue weighted by molar-refractivity contribution is 14.1. The number of halogens is 4. The zero-order valence-electron chi connectivity index (χ0n) is 7.48. The predicted octanol–water partition coefficient (Wildman–Crippen LogP) is 3.58. The van der Waals surface area contributed by atoms with Crippen molar-refractivity contribution in [3.63, 3.8) is 0 Å². The van der Waals surface area contributed by atoms with E-state index in [0.717, 1.165) is 0 Å². The quantitative estimate of drug-likeness (QED) is 0.588. The lowest BCUT2D eigenvalue weighted by molar-refractivity contribution is 0.149. The lowest BCUT2D eigenvalue weighted by Crippen LogP contribution is -2.03. The number of nitrogens with zero attached hydrogens (tertiary/aromatic N) is 2. The number of alkyl halides is 3. The van der Waals surface area contributed by atoms with Crippen LogP contribution in [0.25, 0.3) is 0 Å². The molecule has 6 heteroatoms. The number of nitriles is 1. The van der Waals surface area contributed by atoms with Gasteiger partial charge in [-0.05, 0) is 28.7 Å². The van der Waals surface area contributed by atoms with Crippen molar-refractivity contribution >= 4 is 38.5 Å². The van der Waals surface area contributed by atoms with Gasteiger partial charge in [0.1, 0.15) is 0 Å². The molecule has 15 heavy (non-hydrogen) atoms. The van der Waals surface area contributed by atoms with Crippen LogP contribution in [0.5, 0.6) is 0 Å². The topological polar surface area (TPSA) is 36.7 Å². The molecule has 0 aliphatic carbocycles. The fourth-order valence-electron chi connectivity index (χ4n) is 1.08. The van der Waals surface area contributed by atoms with Gasteiger partial charge in [0, 0.05) is 14.5 Å². The minimum absolute atomic E-state index is 0.0867. The molecule has 0 fully saturated rings. The first-order valence-electron chi connectivity index (χ1n) is 3.99. The molecule has 0 aliphatic rings. The van der Waals surface area contributed by atoms with Crippen LogP contribution < -0.4 is 0 Å². The molecule has 1 rings (SSSR count). The largest absolute Gasteiger partial charge is 0.265 e. The molecule has 0 amide bonds. The smallest absolute Gasteiger partial charge is 0.254 e. The molecule has 2 nitrogen and oxygen atoms in total. The Labute approximate surface area is 108 Å². The first kappa shape index (κ1) is 12.8. The number of rotatable bonds is 3. The average Bonchev–Trinajstić information content (AvgIpc) is 2.20. The molecule has 1 heterocycles. The second kappa shape index (κ2) is 5.70. The third-order valence-electron chi connectivity index (χ3n) is 1.77. The van der Waals surface area contributed by atoms with Gasteiger partial charge in [-0.25, -0.2) is 8.78 Å². The van der Waals surface area contributed by atoms with Crippen LogP contribution in [-0.4, -0.2) is 4.98 Å². The summed E-state index contributed by atoms with van der Waals surface area (Å²) in [6.07, 6.45) is -2.67. The highest BCUT2D eigenvalue weighted by Crippen LogP contribution is 2.26. The second-order valence-corrected chi connectivity index (χ2v) is 4.44. The first-order valence-corrected chi connectivity index (χ1v) is 6.19. The van der Waals surface area contributed by atoms with E-state index in [1.165, 1.54) is 6.07 Å². The Morgan fingerprint density at radius 1 is 1.53 bits per heavy atom. The van der Waals surface area contributed by atoms with E-state index < -0.39 is 6.43 Å². The molecular formula is C9H6BrF2IN2. The van der Waals surface area contributed by atoms with Gasteiger partial charge < -0.3 is 0 Å². The van der Waals surface area contributed by atoms with E-state index in [-0.39, 0.29) is 17.7 Å². The van der Waals surface area contributed by atoms with Crippen LogP contribution in [0.15, 0.2) is 6.07 Å². The number of pyridine rings is 1.